The molecule has 0 bridgehead atoms. The van der Waals surface area contributed by atoms with Gasteiger partial charge in [-0.25, -0.2) is 4.79 Å². The van der Waals surface area contributed by atoms with Gasteiger partial charge in [0.25, 0.3) is 0 Å². The predicted molar refractivity (Wildman–Crippen MR) is 122 cm³/mol. The minimum atomic E-state index is -0.982. The number of hydrogen-bond acceptors (Lipinski definition) is 4. The molecule has 1 amide bonds. The molecule has 3 fully saturated rings. The Bertz CT molecular complexity index is 1060. The summed E-state index contributed by atoms with van der Waals surface area (Å²) in [6.07, 6.45) is 5.70. The Labute approximate surface area is 193 Å². The topological polar surface area (TPSA) is 103 Å². The number of carbonyl (C=O) groups excluding carboxylic acids is 2. The second kappa shape index (κ2) is 9.33. The zero-order valence-corrected chi connectivity index (χ0v) is 19.1. The van der Waals surface area contributed by atoms with E-state index in [0.717, 1.165) is 69.2 Å². The first kappa shape index (κ1) is 22.2. The molecule has 2 saturated heterocycles. The number of H-pyrrole nitrogens is 1. The average molecular weight is 455 g/mol. The fourth-order valence-corrected chi connectivity index (χ4v) is 6.02. The molecule has 1 aliphatic carbocycles. The van der Waals surface area contributed by atoms with Crippen LogP contribution in [0.2, 0.25) is 0 Å². The average Bonchev–Trinajstić information content (AvgIpc) is 3.60. The van der Waals surface area contributed by atoms with Crippen molar-refractivity contribution in [3.8, 4) is 0 Å². The standard InChI is InChI=1S/C25H34N4O4/c30-23(31)15-18-8-14-28(24(32)17-5-6-17)16-19(18)7-11-27-12-9-20(10-13-27)29-22-4-2-1-3-21(22)26-25(29)33/h1-4,17-20H,5-16H2,(H,26,33)(H,30,31)/t18-,19-/m0/s1. The molecule has 1 saturated carbocycles. The van der Waals surface area contributed by atoms with E-state index in [1.165, 1.54) is 4.90 Å². The van der Waals surface area contributed by atoms with Gasteiger partial charge in [-0.05, 0) is 49.7 Å². The second-order valence-corrected chi connectivity index (χ2v) is 10.3. The molecular formula is C25H34N4O4. The summed E-state index contributed by atoms with van der Waals surface area (Å²) < 4.78 is 1.92. The van der Waals surface area contributed by atoms with E-state index in [2.05, 4.69) is 4.98 Å². The molecule has 2 atom stereocenters. The summed E-state index contributed by atoms with van der Waals surface area (Å²) in [4.78, 5) is 42.9. The molecule has 8 heteroatoms. The van der Waals surface area contributed by atoms with E-state index in [4.69, 9.17) is 0 Å². The number of piperidine rings is 2. The molecule has 2 N–H and O–H groups in total. The number of carboxylic acids is 1. The van der Waals surface area contributed by atoms with Crippen molar-refractivity contribution in [1.82, 2.24) is 14.5 Å². The number of nitrogens with one attached hydrogen (secondary N) is 2. The molecule has 0 radical (unpaired) electrons. The van der Waals surface area contributed by atoms with Gasteiger partial charge in [0.15, 0.2) is 0 Å². The number of carbonyl (C=O) groups is 2. The van der Waals surface area contributed by atoms with Crippen molar-refractivity contribution in [3.63, 3.8) is 0 Å². The number of aromatic amines is 1. The first-order valence-corrected chi connectivity index (χ1v) is 12.5. The van der Waals surface area contributed by atoms with Crippen LogP contribution in [0.15, 0.2) is 29.1 Å². The van der Waals surface area contributed by atoms with Gasteiger partial charge < -0.3 is 24.7 Å². The van der Waals surface area contributed by atoms with Crippen LogP contribution in [0.1, 0.15) is 51.0 Å². The maximum atomic E-state index is 12.6. The summed E-state index contributed by atoms with van der Waals surface area (Å²) in [5, 5.41) is 11.3. The van der Waals surface area contributed by atoms with E-state index in [9.17, 15) is 19.5 Å². The molecule has 3 aliphatic rings. The zero-order chi connectivity index (χ0) is 22.9. The highest BCUT2D eigenvalue weighted by atomic mass is 16.4. The Kier molecular flexibility index (Phi) is 6.27. The number of para-hydroxylation sites is 2. The molecule has 2 aromatic rings. The van der Waals surface area contributed by atoms with Crippen LogP contribution < -0.4 is 15.7 Å². The van der Waals surface area contributed by atoms with Gasteiger partial charge in [-0.2, -0.15) is 0 Å². The van der Waals surface area contributed by atoms with Crippen LogP contribution in [0.25, 0.3) is 11.0 Å². The molecule has 0 unspecified atom stereocenters. The Morgan fingerprint density at radius 1 is 1.06 bits per heavy atom. The van der Waals surface area contributed by atoms with E-state index in [1.54, 1.807) is 0 Å². The van der Waals surface area contributed by atoms with Crippen molar-refractivity contribution < 1.29 is 19.6 Å². The van der Waals surface area contributed by atoms with Gasteiger partial charge in [-0.3, -0.25) is 9.36 Å². The van der Waals surface area contributed by atoms with E-state index in [0.29, 0.717) is 13.1 Å². The summed E-state index contributed by atoms with van der Waals surface area (Å²) in [5.74, 6) is -0.185. The SMILES string of the molecule is O=C([O-])C[C@@H]1CCN(C(=O)C2CC2)C[C@@H]1CC[NH+]1CCC(n2c(=O)[nH]c3ccccc32)CC1. The summed E-state index contributed by atoms with van der Waals surface area (Å²) >= 11 is 0. The third-order valence-electron chi connectivity index (χ3n) is 8.08. The first-order valence-electron chi connectivity index (χ1n) is 12.5. The Morgan fingerprint density at radius 3 is 2.55 bits per heavy atom. The lowest BCUT2D eigenvalue weighted by molar-refractivity contribution is -0.906. The van der Waals surface area contributed by atoms with E-state index >= 15 is 0 Å². The number of benzene rings is 1. The molecule has 1 aromatic heterocycles. The Balaban J connectivity index is 1.18. The van der Waals surface area contributed by atoms with Crippen LogP contribution >= 0.6 is 0 Å². The normalized spacial score (nSPS) is 28.2. The summed E-state index contributed by atoms with van der Waals surface area (Å²) in [5.41, 5.74) is 1.83. The molecule has 33 heavy (non-hydrogen) atoms. The number of aliphatic carboxylic acids is 1. The number of fused-ring (bicyclic) bond motifs is 1. The second-order valence-electron chi connectivity index (χ2n) is 10.3. The molecular weight excluding hydrogens is 420 g/mol. The Hall–Kier alpha value is -2.61. The highest BCUT2D eigenvalue weighted by Gasteiger charge is 2.38. The number of imidazole rings is 1. The molecule has 2 aliphatic heterocycles. The highest BCUT2D eigenvalue weighted by molar-refractivity contribution is 5.81. The van der Waals surface area contributed by atoms with E-state index in [1.807, 2.05) is 33.7 Å². The smallest absolute Gasteiger partial charge is 0.326 e. The quantitative estimate of drug-likeness (QED) is 0.613. The molecule has 1 aromatic carbocycles. The van der Waals surface area contributed by atoms with Gasteiger partial charge in [0.1, 0.15) is 0 Å². The lowest BCUT2D eigenvalue weighted by atomic mass is 9.80. The summed E-state index contributed by atoms with van der Waals surface area (Å²) in [6.45, 7) is 4.35. The van der Waals surface area contributed by atoms with Crippen molar-refractivity contribution in [3.05, 3.63) is 34.7 Å². The number of quaternary nitrogens is 1. The van der Waals surface area contributed by atoms with Crippen LogP contribution in [0.3, 0.4) is 0 Å². The summed E-state index contributed by atoms with van der Waals surface area (Å²) in [7, 11) is 0. The number of aromatic nitrogens is 2. The van der Waals surface area contributed by atoms with Gasteiger partial charge in [0.2, 0.25) is 5.91 Å². The third-order valence-corrected chi connectivity index (χ3v) is 8.08. The van der Waals surface area contributed by atoms with E-state index < -0.39 is 5.97 Å². The lowest BCUT2D eigenvalue weighted by Gasteiger charge is -2.40. The molecule has 178 valence electrons. The minimum Gasteiger partial charge on any atom is -0.550 e. The van der Waals surface area contributed by atoms with Crippen molar-refractivity contribution in [2.45, 2.75) is 51.0 Å². The van der Waals surface area contributed by atoms with Crippen molar-refractivity contribution in [2.75, 3.05) is 32.7 Å². The number of hydrogen-bond donors (Lipinski definition) is 2. The molecule has 8 nitrogen and oxygen atoms in total. The lowest BCUT2D eigenvalue weighted by Crippen LogP contribution is -3.13. The monoisotopic (exact) mass is 454 g/mol. The fraction of sp³-hybridized carbons (Fsp3) is 0.640. The van der Waals surface area contributed by atoms with Gasteiger partial charge in [-0.1, -0.05) is 12.1 Å². The highest BCUT2D eigenvalue weighted by Crippen LogP contribution is 2.35. The third kappa shape index (κ3) is 4.86. The zero-order valence-electron chi connectivity index (χ0n) is 19.1. The van der Waals surface area contributed by atoms with Gasteiger partial charge in [0.05, 0.1) is 30.7 Å². The largest absolute Gasteiger partial charge is 0.550 e. The van der Waals surface area contributed by atoms with Crippen LogP contribution in [0.5, 0.6) is 0 Å². The molecule has 0 spiro atoms. The van der Waals surface area contributed by atoms with Crippen molar-refractivity contribution in [1.29, 1.82) is 0 Å². The van der Waals surface area contributed by atoms with Crippen LogP contribution in [0.4, 0.5) is 0 Å². The number of rotatable bonds is 7. The number of nitrogens with zero attached hydrogens (tertiary/aromatic N) is 2. The van der Waals surface area contributed by atoms with Crippen LogP contribution in [0, 0.1) is 17.8 Å². The van der Waals surface area contributed by atoms with Crippen molar-refractivity contribution >= 4 is 22.9 Å². The van der Waals surface area contributed by atoms with Crippen LogP contribution in [-0.2, 0) is 9.59 Å². The summed E-state index contributed by atoms with van der Waals surface area (Å²) in [6, 6.07) is 8.06. The van der Waals surface area contributed by atoms with Gasteiger partial charge in [0, 0.05) is 50.3 Å². The van der Waals surface area contributed by atoms with Crippen molar-refractivity contribution in [2.24, 2.45) is 17.8 Å². The minimum absolute atomic E-state index is 0.0302. The Morgan fingerprint density at radius 2 is 1.82 bits per heavy atom. The first-order chi connectivity index (χ1) is 16.0. The predicted octanol–water partition coefficient (Wildman–Crippen LogP) is -0.0458. The van der Waals surface area contributed by atoms with Gasteiger partial charge in [-0.15, -0.1) is 0 Å². The van der Waals surface area contributed by atoms with Gasteiger partial charge >= 0.3 is 5.69 Å². The maximum absolute atomic E-state index is 12.6. The number of carboxylic acid groups (broad SMARTS) is 1. The molecule has 3 heterocycles. The van der Waals surface area contributed by atoms with Crippen LogP contribution in [-0.4, -0.2) is 59.1 Å². The number of likely N-dealkylation sites (tertiary alicyclic amines) is 2. The van der Waals surface area contributed by atoms with E-state index in [-0.39, 0.29) is 41.8 Å². The number of amides is 1. The molecule has 5 rings (SSSR count). The maximum Gasteiger partial charge on any atom is 0.326 e. The fourth-order valence-electron chi connectivity index (χ4n) is 6.02.